The molecule has 0 unspecified atom stereocenters. The Morgan fingerprint density at radius 1 is 1.14 bits per heavy atom. The highest BCUT2D eigenvalue weighted by Crippen LogP contribution is 2.30. The van der Waals surface area contributed by atoms with Crippen LogP contribution in [0.4, 0.5) is 0 Å². The molecule has 1 atom stereocenters. The molecule has 1 aromatic rings. The van der Waals surface area contributed by atoms with Crippen molar-refractivity contribution in [3.8, 4) is 5.75 Å². The standard InChI is InChI=1S/C22H32N2O3S/c1-6-7-8-9-14-26-17-12-10-16(11-13-17)19-18(15(2)23-21(28)24-19)20(25)27-22(3,4)5/h10-13,19H,6-9,14H2,1-5H3,(H2,23,24,28)/t19-/m1/s1. The van der Waals surface area contributed by atoms with Gasteiger partial charge in [0.2, 0.25) is 0 Å². The van der Waals surface area contributed by atoms with Crippen LogP contribution in [0, 0.1) is 0 Å². The highest BCUT2D eigenvalue weighted by Gasteiger charge is 2.32. The van der Waals surface area contributed by atoms with Crippen molar-refractivity contribution in [2.45, 2.75) is 71.9 Å². The Hall–Kier alpha value is -2.08. The van der Waals surface area contributed by atoms with Crippen molar-refractivity contribution < 1.29 is 14.3 Å². The van der Waals surface area contributed by atoms with E-state index in [1.54, 1.807) is 0 Å². The second-order valence-electron chi connectivity index (χ2n) is 8.05. The monoisotopic (exact) mass is 404 g/mol. The molecule has 6 heteroatoms. The van der Waals surface area contributed by atoms with Crippen LogP contribution in [0.2, 0.25) is 0 Å². The number of esters is 1. The van der Waals surface area contributed by atoms with Crippen LogP contribution in [0.1, 0.15) is 71.9 Å². The SMILES string of the molecule is CCCCCCOc1ccc([C@H]2NC(=S)NC(C)=C2C(=O)OC(C)(C)C)cc1. The molecule has 0 fully saturated rings. The van der Waals surface area contributed by atoms with Crippen molar-refractivity contribution in [2.75, 3.05) is 6.61 Å². The number of nitrogens with one attached hydrogen (secondary N) is 2. The van der Waals surface area contributed by atoms with Crippen molar-refractivity contribution in [1.82, 2.24) is 10.6 Å². The molecule has 0 bridgehead atoms. The molecule has 5 nitrogen and oxygen atoms in total. The number of carbonyl (C=O) groups excluding carboxylic acids is 1. The predicted octanol–water partition coefficient (Wildman–Crippen LogP) is 4.78. The molecule has 0 saturated carbocycles. The number of ether oxygens (including phenoxy) is 2. The highest BCUT2D eigenvalue weighted by molar-refractivity contribution is 7.80. The number of benzene rings is 1. The van der Waals surface area contributed by atoms with Gasteiger partial charge in [-0.15, -0.1) is 0 Å². The van der Waals surface area contributed by atoms with Gasteiger partial charge in [-0.1, -0.05) is 38.3 Å². The summed E-state index contributed by atoms with van der Waals surface area (Å²) in [5.41, 5.74) is 1.61. The van der Waals surface area contributed by atoms with E-state index >= 15 is 0 Å². The van der Waals surface area contributed by atoms with Gasteiger partial charge in [-0.25, -0.2) is 4.79 Å². The fourth-order valence-electron chi connectivity index (χ4n) is 3.02. The summed E-state index contributed by atoms with van der Waals surface area (Å²) >= 11 is 5.29. The van der Waals surface area contributed by atoms with Crippen molar-refractivity contribution in [1.29, 1.82) is 0 Å². The molecular formula is C22H32N2O3S. The van der Waals surface area contributed by atoms with E-state index in [1.807, 2.05) is 52.0 Å². The lowest BCUT2D eigenvalue weighted by Crippen LogP contribution is -2.45. The average Bonchev–Trinajstić information content (AvgIpc) is 2.59. The molecule has 2 N–H and O–H groups in total. The topological polar surface area (TPSA) is 59.6 Å². The minimum atomic E-state index is -0.567. The molecule has 0 radical (unpaired) electrons. The number of thiocarbonyl (C=S) groups is 1. The highest BCUT2D eigenvalue weighted by atomic mass is 32.1. The second kappa shape index (κ2) is 9.92. The van der Waals surface area contributed by atoms with Gasteiger partial charge in [0.1, 0.15) is 11.4 Å². The summed E-state index contributed by atoms with van der Waals surface area (Å²) in [6.07, 6.45) is 4.70. The van der Waals surface area contributed by atoms with Crippen molar-refractivity contribution in [3.05, 3.63) is 41.1 Å². The van der Waals surface area contributed by atoms with E-state index in [2.05, 4.69) is 17.6 Å². The van der Waals surface area contributed by atoms with Gasteiger partial charge in [0.05, 0.1) is 18.2 Å². The van der Waals surface area contributed by atoms with Crippen LogP contribution in [0.15, 0.2) is 35.5 Å². The quantitative estimate of drug-likeness (QED) is 0.369. The normalized spacial score (nSPS) is 17.0. The maximum atomic E-state index is 12.8. The van der Waals surface area contributed by atoms with E-state index in [9.17, 15) is 4.79 Å². The Morgan fingerprint density at radius 3 is 2.43 bits per heavy atom. The molecule has 0 aliphatic carbocycles. The van der Waals surface area contributed by atoms with E-state index in [1.165, 1.54) is 19.3 Å². The lowest BCUT2D eigenvalue weighted by Gasteiger charge is -2.31. The Balaban J connectivity index is 2.13. The van der Waals surface area contributed by atoms with E-state index in [0.29, 0.717) is 16.4 Å². The molecule has 0 amide bonds. The summed E-state index contributed by atoms with van der Waals surface area (Å²) < 4.78 is 11.4. The largest absolute Gasteiger partial charge is 0.494 e. The molecular weight excluding hydrogens is 372 g/mol. The van der Waals surface area contributed by atoms with Crippen LogP contribution in [-0.2, 0) is 9.53 Å². The molecule has 28 heavy (non-hydrogen) atoms. The van der Waals surface area contributed by atoms with Crippen LogP contribution >= 0.6 is 12.2 Å². The molecule has 1 aromatic carbocycles. The Morgan fingerprint density at radius 2 is 1.82 bits per heavy atom. The molecule has 0 spiro atoms. The van der Waals surface area contributed by atoms with E-state index in [0.717, 1.165) is 24.3 Å². The summed E-state index contributed by atoms with van der Waals surface area (Å²) in [6, 6.07) is 7.44. The van der Waals surface area contributed by atoms with E-state index in [-0.39, 0.29) is 12.0 Å². The smallest absolute Gasteiger partial charge is 0.338 e. The van der Waals surface area contributed by atoms with Crippen molar-refractivity contribution >= 4 is 23.3 Å². The first-order valence-corrected chi connectivity index (χ1v) is 10.4. The van der Waals surface area contributed by atoms with Gasteiger partial charge < -0.3 is 20.1 Å². The third-order valence-corrected chi connectivity index (χ3v) is 4.59. The van der Waals surface area contributed by atoms with Gasteiger partial charge in [-0.2, -0.15) is 0 Å². The van der Waals surface area contributed by atoms with Crippen molar-refractivity contribution in [3.63, 3.8) is 0 Å². The maximum absolute atomic E-state index is 12.8. The summed E-state index contributed by atoms with van der Waals surface area (Å²) in [6.45, 7) is 10.3. The zero-order valence-electron chi connectivity index (χ0n) is 17.6. The van der Waals surface area contributed by atoms with Gasteiger partial charge in [-0.3, -0.25) is 0 Å². The van der Waals surface area contributed by atoms with Crippen LogP contribution < -0.4 is 15.4 Å². The third kappa shape index (κ3) is 6.51. The van der Waals surface area contributed by atoms with Crippen molar-refractivity contribution in [2.24, 2.45) is 0 Å². The predicted molar refractivity (Wildman–Crippen MR) is 116 cm³/mol. The van der Waals surface area contributed by atoms with E-state index in [4.69, 9.17) is 21.7 Å². The zero-order chi connectivity index (χ0) is 20.7. The summed E-state index contributed by atoms with van der Waals surface area (Å²) in [4.78, 5) is 12.8. The fourth-order valence-corrected chi connectivity index (χ4v) is 3.29. The van der Waals surface area contributed by atoms with Gasteiger partial charge in [0.25, 0.3) is 0 Å². The summed E-state index contributed by atoms with van der Waals surface area (Å²) in [5.74, 6) is 0.477. The molecule has 0 saturated heterocycles. The number of allylic oxidation sites excluding steroid dienone is 1. The molecule has 1 aliphatic rings. The Labute approximate surface area is 173 Å². The molecule has 154 valence electrons. The molecule has 2 rings (SSSR count). The molecule has 1 heterocycles. The minimum Gasteiger partial charge on any atom is -0.494 e. The summed E-state index contributed by atoms with van der Waals surface area (Å²) in [7, 11) is 0. The van der Waals surface area contributed by atoms with Gasteiger partial charge >= 0.3 is 5.97 Å². The van der Waals surface area contributed by atoms with E-state index < -0.39 is 5.60 Å². The van der Waals surface area contributed by atoms with Crippen LogP contribution in [0.25, 0.3) is 0 Å². The van der Waals surface area contributed by atoms with Gasteiger partial charge in [0.15, 0.2) is 5.11 Å². The molecule has 1 aliphatic heterocycles. The lowest BCUT2D eigenvalue weighted by atomic mass is 9.95. The maximum Gasteiger partial charge on any atom is 0.338 e. The number of carbonyl (C=O) groups is 1. The summed E-state index contributed by atoms with van der Waals surface area (Å²) in [5, 5.41) is 6.70. The first-order chi connectivity index (χ1) is 13.2. The van der Waals surface area contributed by atoms with Gasteiger partial charge in [0, 0.05) is 5.70 Å². The zero-order valence-corrected chi connectivity index (χ0v) is 18.4. The first-order valence-electron chi connectivity index (χ1n) is 9.95. The Bertz CT molecular complexity index is 720. The number of rotatable bonds is 8. The first kappa shape index (κ1) is 22.2. The van der Waals surface area contributed by atoms with Crippen LogP contribution in [-0.4, -0.2) is 23.3 Å². The fraction of sp³-hybridized carbons (Fsp3) is 0.545. The average molecular weight is 405 g/mol. The molecule has 0 aromatic heterocycles. The van der Waals surface area contributed by atoms with Gasteiger partial charge in [-0.05, 0) is 64.0 Å². The second-order valence-corrected chi connectivity index (χ2v) is 8.46. The van der Waals surface area contributed by atoms with Crippen LogP contribution in [0.3, 0.4) is 0 Å². The minimum absolute atomic E-state index is 0.353. The lowest BCUT2D eigenvalue weighted by molar-refractivity contribution is -0.150. The number of unbranched alkanes of at least 4 members (excludes halogenated alkanes) is 3. The number of hydrogen-bond acceptors (Lipinski definition) is 4. The number of hydrogen-bond donors (Lipinski definition) is 2. The Kier molecular flexibility index (Phi) is 7.87. The third-order valence-electron chi connectivity index (χ3n) is 4.37. The van der Waals surface area contributed by atoms with Crippen LogP contribution in [0.5, 0.6) is 5.75 Å².